The third-order valence-electron chi connectivity index (χ3n) is 4.33. The Hall–Kier alpha value is -3.45. The number of phenols is 1. The number of carbonyl (C=O) groups is 1. The van der Waals surface area contributed by atoms with Crippen LogP contribution in [0.1, 0.15) is 12.5 Å². The SMILES string of the molecule is C/C(=N\NC(=O)CNc1nc2ccccc2s1)c1ccc2ccccc2c1O. The Bertz CT molecular complexity index is 1170. The second kappa shape index (κ2) is 7.66. The summed E-state index contributed by atoms with van der Waals surface area (Å²) in [6.07, 6.45) is 0. The summed E-state index contributed by atoms with van der Waals surface area (Å²) in [5, 5.41) is 20.0. The first-order valence-corrected chi connectivity index (χ1v) is 9.57. The van der Waals surface area contributed by atoms with E-state index in [1.165, 1.54) is 11.3 Å². The zero-order chi connectivity index (χ0) is 19.5. The average Bonchev–Trinajstić information content (AvgIpc) is 3.14. The zero-order valence-corrected chi connectivity index (χ0v) is 16.0. The molecule has 0 saturated carbocycles. The standard InChI is InChI=1S/C21H18N4O2S/c1-13(15-11-10-14-6-2-3-7-16(14)20(15)27)24-25-19(26)12-22-21-23-17-8-4-5-9-18(17)28-21/h2-11,27H,12H2,1H3,(H,22,23)(H,25,26)/b24-13+. The Balaban J connectivity index is 1.41. The molecule has 28 heavy (non-hydrogen) atoms. The van der Waals surface area contributed by atoms with Gasteiger partial charge in [0.25, 0.3) is 5.91 Å². The van der Waals surface area contributed by atoms with Crippen LogP contribution in [-0.2, 0) is 4.79 Å². The molecule has 1 amide bonds. The molecule has 0 aliphatic heterocycles. The second-order valence-electron chi connectivity index (χ2n) is 6.26. The molecule has 0 saturated heterocycles. The van der Waals surface area contributed by atoms with E-state index in [1.807, 2.05) is 54.6 Å². The largest absolute Gasteiger partial charge is 0.507 e. The lowest BCUT2D eigenvalue weighted by atomic mass is 10.0. The lowest BCUT2D eigenvalue weighted by Crippen LogP contribution is -2.26. The van der Waals surface area contributed by atoms with Crippen molar-refractivity contribution in [3.63, 3.8) is 0 Å². The van der Waals surface area contributed by atoms with Gasteiger partial charge in [0.2, 0.25) is 0 Å². The lowest BCUT2D eigenvalue weighted by molar-refractivity contribution is -0.119. The minimum Gasteiger partial charge on any atom is -0.507 e. The molecule has 0 unspecified atom stereocenters. The lowest BCUT2D eigenvalue weighted by Gasteiger charge is -2.08. The van der Waals surface area contributed by atoms with Crippen molar-refractivity contribution >= 4 is 49.1 Å². The summed E-state index contributed by atoms with van der Waals surface area (Å²) in [5.41, 5.74) is 4.52. The molecule has 0 radical (unpaired) electrons. The van der Waals surface area contributed by atoms with Gasteiger partial charge in [-0.1, -0.05) is 53.8 Å². The van der Waals surface area contributed by atoms with Gasteiger partial charge in [0.05, 0.1) is 22.5 Å². The molecule has 4 aromatic rings. The topological polar surface area (TPSA) is 86.6 Å². The molecule has 6 nitrogen and oxygen atoms in total. The number of aromatic hydroxyl groups is 1. The van der Waals surface area contributed by atoms with Crippen LogP contribution < -0.4 is 10.7 Å². The van der Waals surface area contributed by atoms with Crippen LogP contribution in [0.25, 0.3) is 21.0 Å². The summed E-state index contributed by atoms with van der Waals surface area (Å²) < 4.78 is 1.06. The molecular weight excluding hydrogens is 372 g/mol. The van der Waals surface area contributed by atoms with Crippen molar-refractivity contribution in [3.8, 4) is 5.75 Å². The number of thiazole rings is 1. The summed E-state index contributed by atoms with van der Waals surface area (Å²) in [7, 11) is 0. The molecule has 0 spiro atoms. The first-order chi connectivity index (χ1) is 13.6. The maximum Gasteiger partial charge on any atom is 0.259 e. The fourth-order valence-corrected chi connectivity index (χ4v) is 3.76. The van der Waals surface area contributed by atoms with Crippen LogP contribution in [0.15, 0.2) is 65.8 Å². The molecule has 3 N–H and O–H groups in total. The minimum atomic E-state index is -0.293. The van der Waals surface area contributed by atoms with Crippen LogP contribution in [0.4, 0.5) is 5.13 Å². The zero-order valence-electron chi connectivity index (χ0n) is 15.1. The van der Waals surface area contributed by atoms with Gasteiger partial charge in [0, 0.05) is 10.9 Å². The van der Waals surface area contributed by atoms with E-state index >= 15 is 0 Å². The van der Waals surface area contributed by atoms with E-state index < -0.39 is 0 Å². The number of aromatic nitrogens is 1. The molecule has 0 aliphatic rings. The van der Waals surface area contributed by atoms with Crippen LogP contribution in [0, 0.1) is 0 Å². The number of benzene rings is 3. The second-order valence-corrected chi connectivity index (χ2v) is 7.29. The molecule has 0 aliphatic carbocycles. The van der Waals surface area contributed by atoms with Crippen LogP contribution >= 0.6 is 11.3 Å². The van der Waals surface area contributed by atoms with Gasteiger partial charge >= 0.3 is 0 Å². The molecular formula is C21H18N4O2S. The third-order valence-corrected chi connectivity index (χ3v) is 5.33. The fourth-order valence-electron chi connectivity index (χ4n) is 2.90. The normalized spacial score (nSPS) is 11.7. The maximum absolute atomic E-state index is 12.1. The Morgan fingerprint density at radius 2 is 1.89 bits per heavy atom. The van der Waals surface area contributed by atoms with Crippen LogP contribution in [0.2, 0.25) is 0 Å². The highest BCUT2D eigenvalue weighted by atomic mass is 32.1. The molecule has 0 bridgehead atoms. The third kappa shape index (κ3) is 3.65. The number of anilines is 1. The number of hydrogen-bond acceptors (Lipinski definition) is 6. The molecule has 0 fully saturated rings. The van der Waals surface area contributed by atoms with Gasteiger partial charge in [-0.05, 0) is 30.5 Å². The summed E-state index contributed by atoms with van der Waals surface area (Å²) >= 11 is 1.49. The van der Waals surface area contributed by atoms with Crippen molar-refractivity contribution < 1.29 is 9.90 Å². The smallest absolute Gasteiger partial charge is 0.259 e. The highest BCUT2D eigenvalue weighted by molar-refractivity contribution is 7.22. The van der Waals surface area contributed by atoms with Crippen molar-refractivity contribution in [3.05, 3.63) is 66.2 Å². The van der Waals surface area contributed by atoms with Crippen molar-refractivity contribution in [1.29, 1.82) is 0 Å². The molecule has 140 valence electrons. The maximum atomic E-state index is 12.1. The molecule has 1 heterocycles. The minimum absolute atomic E-state index is 0.0559. The van der Waals surface area contributed by atoms with Gasteiger partial charge in [0.15, 0.2) is 5.13 Å². The number of hydrogen-bond donors (Lipinski definition) is 3. The van der Waals surface area contributed by atoms with E-state index in [1.54, 1.807) is 13.0 Å². The molecule has 3 aromatic carbocycles. The Labute approximate surface area is 165 Å². The van der Waals surface area contributed by atoms with Crippen molar-refractivity contribution in [2.75, 3.05) is 11.9 Å². The number of phenolic OH excluding ortho intramolecular Hbond substituents is 1. The number of nitrogens with zero attached hydrogens (tertiary/aromatic N) is 2. The monoisotopic (exact) mass is 390 g/mol. The van der Waals surface area contributed by atoms with E-state index in [0.29, 0.717) is 16.4 Å². The first-order valence-electron chi connectivity index (χ1n) is 8.75. The highest BCUT2D eigenvalue weighted by Gasteiger charge is 2.10. The Morgan fingerprint density at radius 3 is 2.75 bits per heavy atom. The van der Waals surface area contributed by atoms with Crippen molar-refractivity contribution in [2.45, 2.75) is 6.92 Å². The Kier molecular flexibility index (Phi) is 4.90. The predicted octanol–water partition coefficient (Wildman–Crippen LogP) is 4.11. The van der Waals surface area contributed by atoms with Gasteiger partial charge in [-0.15, -0.1) is 0 Å². The van der Waals surface area contributed by atoms with E-state index in [4.69, 9.17) is 0 Å². The fraction of sp³-hybridized carbons (Fsp3) is 0.0952. The quantitative estimate of drug-likeness (QED) is 0.354. The molecule has 1 aromatic heterocycles. The van der Waals surface area contributed by atoms with Gasteiger partial charge in [-0.3, -0.25) is 4.79 Å². The molecule has 4 rings (SSSR count). The van der Waals surface area contributed by atoms with Gasteiger partial charge < -0.3 is 10.4 Å². The number of hydrazone groups is 1. The first kappa shape index (κ1) is 17.9. The highest BCUT2D eigenvalue weighted by Crippen LogP contribution is 2.29. The summed E-state index contributed by atoms with van der Waals surface area (Å²) in [6, 6.07) is 19.1. The van der Waals surface area contributed by atoms with E-state index in [-0.39, 0.29) is 18.2 Å². The van der Waals surface area contributed by atoms with E-state index in [0.717, 1.165) is 21.0 Å². The van der Waals surface area contributed by atoms with Gasteiger partial charge in [-0.2, -0.15) is 5.10 Å². The van der Waals surface area contributed by atoms with Crippen LogP contribution in [0.5, 0.6) is 5.75 Å². The van der Waals surface area contributed by atoms with Crippen LogP contribution in [-0.4, -0.2) is 28.3 Å². The Morgan fingerprint density at radius 1 is 1.11 bits per heavy atom. The number of fused-ring (bicyclic) bond motifs is 2. The summed E-state index contributed by atoms with van der Waals surface area (Å²) in [5.74, 6) is -0.139. The molecule has 0 atom stereocenters. The summed E-state index contributed by atoms with van der Waals surface area (Å²) in [4.78, 5) is 16.5. The molecule has 7 heteroatoms. The summed E-state index contributed by atoms with van der Waals surface area (Å²) in [6.45, 7) is 1.80. The van der Waals surface area contributed by atoms with Crippen LogP contribution in [0.3, 0.4) is 0 Å². The number of amides is 1. The van der Waals surface area contributed by atoms with Crippen molar-refractivity contribution in [2.24, 2.45) is 5.10 Å². The predicted molar refractivity (Wildman–Crippen MR) is 114 cm³/mol. The van der Waals surface area contributed by atoms with Gasteiger partial charge in [0.1, 0.15) is 5.75 Å². The average molecular weight is 390 g/mol. The number of nitrogens with one attached hydrogen (secondary N) is 2. The van der Waals surface area contributed by atoms with Crippen molar-refractivity contribution in [1.82, 2.24) is 10.4 Å². The number of para-hydroxylation sites is 1. The number of carbonyl (C=O) groups excluding carboxylic acids is 1. The number of rotatable bonds is 5. The van der Waals surface area contributed by atoms with E-state index in [2.05, 4.69) is 20.8 Å². The van der Waals surface area contributed by atoms with E-state index in [9.17, 15) is 9.90 Å². The van der Waals surface area contributed by atoms with Gasteiger partial charge in [-0.25, -0.2) is 10.4 Å².